The van der Waals surface area contributed by atoms with Crippen LogP contribution in [0, 0.1) is 5.82 Å². The second-order valence-electron chi connectivity index (χ2n) is 3.49. The summed E-state index contributed by atoms with van der Waals surface area (Å²) in [4.78, 5) is 13.1. The summed E-state index contributed by atoms with van der Waals surface area (Å²) in [5.74, 6) is -0.425. The number of nitrogens with one attached hydrogen (secondary N) is 1. The standard InChI is InChI=1S/C11H16FN3O/c1-3-15(2)11(16)7-14-10-5-4-8(12)6-9(10)13/h4-6,14H,3,7,13H2,1-2H3. The van der Waals surface area contributed by atoms with Crippen LogP contribution in [0.4, 0.5) is 15.8 Å². The lowest BCUT2D eigenvalue weighted by Gasteiger charge is -2.15. The number of carbonyl (C=O) groups is 1. The van der Waals surface area contributed by atoms with Crippen LogP contribution in [0.25, 0.3) is 0 Å². The van der Waals surface area contributed by atoms with Gasteiger partial charge in [0.15, 0.2) is 0 Å². The lowest BCUT2D eigenvalue weighted by molar-refractivity contribution is -0.127. The maximum absolute atomic E-state index is 12.7. The number of carbonyl (C=O) groups excluding carboxylic acids is 1. The summed E-state index contributed by atoms with van der Waals surface area (Å²) in [7, 11) is 1.72. The van der Waals surface area contributed by atoms with E-state index in [0.717, 1.165) is 0 Å². The Kier molecular flexibility index (Phi) is 4.10. The van der Waals surface area contributed by atoms with E-state index in [9.17, 15) is 9.18 Å². The molecule has 0 heterocycles. The van der Waals surface area contributed by atoms with Gasteiger partial charge in [-0.1, -0.05) is 0 Å². The van der Waals surface area contributed by atoms with E-state index in [1.807, 2.05) is 6.92 Å². The number of anilines is 2. The number of hydrogen-bond acceptors (Lipinski definition) is 3. The van der Waals surface area contributed by atoms with Crippen LogP contribution in [-0.2, 0) is 4.79 Å². The minimum atomic E-state index is -0.389. The fourth-order valence-electron chi connectivity index (χ4n) is 1.18. The minimum Gasteiger partial charge on any atom is -0.397 e. The van der Waals surface area contributed by atoms with Gasteiger partial charge in [-0.2, -0.15) is 0 Å². The van der Waals surface area contributed by atoms with Crippen molar-refractivity contribution in [3.63, 3.8) is 0 Å². The van der Waals surface area contributed by atoms with Crippen LogP contribution >= 0.6 is 0 Å². The third-order valence-electron chi connectivity index (χ3n) is 2.34. The second-order valence-corrected chi connectivity index (χ2v) is 3.49. The number of nitrogen functional groups attached to an aromatic ring is 1. The molecular weight excluding hydrogens is 209 g/mol. The molecule has 0 radical (unpaired) electrons. The van der Waals surface area contributed by atoms with Crippen LogP contribution in [0.15, 0.2) is 18.2 Å². The molecule has 1 aromatic rings. The smallest absolute Gasteiger partial charge is 0.241 e. The highest BCUT2D eigenvalue weighted by Crippen LogP contribution is 2.18. The predicted octanol–water partition coefficient (Wildman–Crippen LogP) is 1.30. The molecule has 1 amide bonds. The second kappa shape index (κ2) is 5.34. The molecule has 0 aliphatic carbocycles. The largest absolute Gasteiger partial charge is 0.397 e. The Hall–Kier alpha value is -1.78. The highest BCUT2D eigenvalue weighted by atomic mass is 19.1. The number of nitrogens with two attached hydrogens (primary N) is 1. The molecule has 16 heavy (non-hydrogen) atoms. The van der Waals surface area contributed by atoms with Crippen molar-refractivity contribution in [3.05, 3.63) is 24.0 Å². The van der Waals surface area contributed by atoms with Crippen molar-refractivity contribution in [1.29, 1.82) is 0 Å². The maximum Gasteiger partial charge on any atom is 0.241 e. The first-order chi connectivity index (χ1) is 7.54. The van der Waals surface area contributed by atoms with E-state index < -0.39 is 0 Å². The molecule has 0 aliphatic rings. The quantitative estimate of drug-likeness (QED) is 0.759. The summed E-state index contributed by atoms with van der Waals surface area (Å²) in [6.45, 7) is 2.70. The fraction of sp³-hybridized carbons (Fsp3) is 0.364. The monoisotopic (exact) mass is 225 g/mol. The Bertz CT molecular complexity index is 381. The molecule has 0 bridgehead atoms. The molecule has 0 aliphatic heterocycles. The van der Waals surface area contributed by atoms with Crippen molar-refractivity contribution in [2.45, 2.75) is 6.92 Å². The Morgan fingerprint density at radius 3 is 2.81 bits per heavy atom. The molecule has 0 saturated carbocycles. The van der Waals surface area contributed by atoms with Gasteiger partial charge in [0.1, 0.15) is 5.82 Å². The summed E-state index contributed by atoms with van der Waals surface area (Å²) in [5.41, 5.74) is 6.46. The SMILES string of the molecule is CCN(C)C(=O)CNc1ccc(F)cc1N. The molecular formula is C11H16FN3O. The van der Waals surface area contributed by atoms with Gasteiger partial charge < -0.3 is 16.0 Å². The third-order valence-corrected chi connectivity index (χ3v) is 2.34. The molecule has 1 rings (SSSR count). The van der Waals surface area contributed by atoms with Crippen molar-refractivity contribution in [2.75, 3.05) is 31.2 Å². The van der Waals surface area contributed by atoms with Crippen LogP contribution in [-0.4, -0.2) is 30.9 Å². The first-order valence-corrected chi connectivity index (χ1v) is 5.07. The molecule has 1 aromatic carbocycles. The Labute approximate surface area is 94.2 Å². The molecule has 0 spiro atoms. The van der Waals surface area contributed by atoms with Crippen molar-refractivity contribution in [3.8, 4) is 0 Å². The fourth-order valence-corrected chi connectivity index (χ4v) is 1.18. The van der Waals surface area contributed by atoms with E-state index in [-0.39, 0.29) is 18.3 Å². The van der Waals surface area contributed by atoms with Crippen LogP contribution in [0.1, 0.15) is 6.92 Å². The maximum atomic E-state index is 12.7. The molecule has 0 aromatic heterocycles. The van der Waals surface area contributed by atoms with Crippen LogP contribution in [0.5, 0.6) is 0 Å². The number of halogens is 1. The summed E-state index contributed by atoms with van der Waals surface area (Å²) in [6.07, 6.45) is 0. The van der Waals surface area contributed by atoms with Crippen molar-refractivity contribution < 1.29 is 9.18 Å². The normalized spacial score (nSPS) is 9.94. The summed E-state index contributed by atoms with van der Waals surface area (Å²) < 4.78 is 12.7. The zero-order chi connectivity index (χ0) is 12.1. The number of benzene rings is 1. The van der Waals surface area contributed by atoms with Crippen LogP contribution in [0.3, 0.4) is 0 Å². The summed E-state index contributed by atoms with van der Waals surface area (Å²) >= 11 is 0. The molecule has 4 nitrogen and oxygen atoms in total. The van der Waals surface area contributed by atoms with Crippen LogP contribution < -0.4 is 11.1 Å². The average Bonchev–Trinajstić information content (AvgIpc) is 2.26. The summed E-state index contributed by atoms with van der Waals surface area (Å²) in [6, 6.07) is 4.03. The topological polar surface area (TPSA) is 58.4 Å². The third kappa shape index (κ3) is 3.12. The van der Waals surface area contributed by atoms with Gasteiger partial charge in [0.05, 0.1) is 17.9 Å². The molecule has 3 N–H and O–H groups in total. The first kappa shape index (κ1) is 12.3. The lowest BCUT2D eigenvalue weighted by Crippen LogP contribution is -2.32. The van der Waals surface area contributed by atoms with Gasteiger partial charge in [0, 0.05) is 13.6 Å². The Morgan fingerprint density at radius 2 is 2.25 bits per heavy atom. The number of rotatable bonds is 4. The van der Waals surface area contributed by atoms with Gasteiger partial charge in [-0.3, -0.25) is 4.79 Å². The van der Waals surface area contributed by atoms with E-state index in [1.54, 1.807) is 11.9 Å². The van der Waals surface area contributed by atoms with E-state index in [1.165, 1.54) is 18.2 Å². The van der Waals surface area contributed by atoms with E-state index in [0.29, 0.717) is 17.9 Å². The highest BCUT2D eigenvalue weighted by molar-refractivity contribution is 5.82. The minimum absolute atomic E-state index is 0.0359. The van der Waals surface area contributed by atoms with Gasteiger partial charge in [-0.05, 0) is 25.1 Å². The van der Waals surface area contributed by atoms with Gasteiger partial charge in [-0.25, -0.2) is 4.39 Å². The molecule has 0 saturated heterocycles. The van der Waals surface area contributed by atoms with Crippen LogP contribution in [0.2, 0.25) is 0 Å². The van der Waals surface area contributed by atoms with Gasteiger partial charge in [0.2, 0.25) is 5.91 Å². The number of amides is 1. The zero-order valence-electron chi connectivity index (χ0n) is 9.46. The van der Waals surface area contributed by atoms with Crippen molar-refractivity contribution in [2.24, 2.45) is 0 Å². The molecule has 0 fully saturated rings. The molecule has 5 heteroatoms. The predicted molar refractivity (Wildman–Crippen MR) is 62.6 cm³/mol. The van der Waals surface area contributed by atoms with Gasteiger partial charge in [0.25, 0.3) is 0 Å². The summed E-state index contributed by atoms with van der Waals surface area (Å²) in [5, 5.41) is 2.87. The zero-order valence-corrected chi connectivity index (χ0v) is 9.46. The number of likely N-dealkylation sites (N-methyl/N-ethyl adjacent to an activating group) is 1. The van der Waals surface area contributed by atoms with E-state index in [2.05, 4.69) is 5.32 Å². The van der Waals surface area contributed by atoms with Crippen molar-refractivity contribution >= 4 is 17.3 Å². The molecule has 0 atom stereocenters. The molecule has 88 valence electrons. The molecule has 0 unspecified atom stereocenters. The first-order valence-electron chi connectivity index (χ1n) is 5.07. The van der Waals surface area contributed by atoms with Crippen molar-refractivity contribution in [1.82, 2.24) is 4.90 Å². The Balaban J connectivity index is 2.58. The Morgan fingerprint density at radius 1 is 1.56 bits per heavy atom. The average molecular weight is 225 g/mol. The number of nitrogens with zero attached hydrogens (tertiary/aromatic N) is 1. The van der Waals surface area contributed by atoms with Gasteiger partial charge >= 0.3 is 0 Å². The highest BCUT2D eigenvalue weighted by Gasteiger charge is 2.07. The number of hydrogen-bond donors (Lipinski definition) is 2. The van der Waals surface area contributed by atoms with Gasteiger partial charge in [-0.15, -0.1) is 0 Å². The van der Waals surface area contributed by atoms with E-state index in [4.69, 9.17) is 5.73 Å². The lowest BCUT2D eigenvalue weighted by atomic mass is 10.2. The van der Waals surface area contributed by atoms with E-state index >= 15 is 0 Å².